The number of esters is 1. The second-order valence-electron chi connectivity index (χ2n) is 9.33. The first kappa shape index (κ1) is 21.7. The van der Waals surface area contributed by atoms with Gasteiger partial charge in [0.05, 0.1) is 28.2 Å². The number of halogens is 1. The molecule has 6 nitrogen and oxygen atoms in total. The van der Waals surface area contributed by atoms with Crippen molar-refractivity contribution in [3.63, 3.8) is 0 Å². The second-order valence-corrected chi connectivity index (χ2v) is 10.1. The number of hydrogen-bond donors (Lipinski definition) is 0. The molecule has 0 aliphatic heterocycles. The molecule has 0 aliphatic rings. The number of ether oxygens (including phenoxy) is 2. The van der Waals surface area contributed by atoms with E-state index in [-0.39, 0.29) is 12.6 Å². The Bertz CT molecular complexity index is 1060. The summed E-state index contributed by atoms with van der Waals surface area (Å²) in [6, 6.07) is 6.09. The molecule has 3 aromatic rings. The summed E-state index contributed by atoms with van der Waals surface area (Å²) in [5, 5.41) is 9.19. The summed E-state index contributed by atoms with van der Waals surface area (Å²) in [6.45, 7) is 13.7. The van der Waals surface area contributed by atoms with Gasteiger partial charge in [-0.3, -0.25) is 4.79 Å². The molecule has 29 heavy (non-hydrogen) atoms. The van der Waals surface area contributed by atoms with Crippen molar-refractivity contribution in [3.8, 4) is 0 Å². The van der Waals surface area contributed by atoms with Crippen LogP contribution in [-0.2, 0) is 14.3 Å². The van der Waals surface area contributed by atoms with Gasteiger partial charge >= 0.3 is 5.97 Å². The molecule has 1 unspecified atom stereocenters. The Morgan fingerprint density at radius 2 is 1.90 bits per heavy atom. The fourth-order valence-electron chi connectivity index (χ4n) is 3.20. The van der Waals surface area contributed by atoms with Gasteiger partial charge in [0.1, 0.15) is 12.7 Å². The topological polar surface area (TPSA) is 65.7 Å². The molecule has 7 heteroatoms. The van der Waals surface area contributed by atoms with E-state index in [1.165, 1.54) is 0 Å². The van der Waals surface area contributed by atoms with Crippen molar-refractivity contribution >= 4 is 38.3 Å². The van der Waals surface area contributed by atoms with Gasteiger partial charge < -0.3 is 9.47 Å². The number of aromatic nitrogens is 3. The molecule has 2 aromatic heterocycles. The van der Waals surface area contributed by atoms with Gasteiger partial charge in [-0.2, -0.15) is 0 Å². The van der Waals surface area contributed by atoms with E-state index in [4.69, 9.17) is 9.47 Å². The monoisotopic (exact) mass is 461 g/mol. The maximum atomic E-state index is 12.4. The van der Waals surface area contributed by atoms with Crippen LogP contribution in [-0.4, -0.2) is 33.0 Å². The van der Waals surface area contributed by atoms with Crippen LogP contribution in [0.2, 0.25) is 0 Å². The molecule has 0 radical (unpaired) electrons. The van der Waals surface area contributed by atoms with Gasteiger partial charge in [-0.15, -0.1) is 5.10 Å². The maximum absolute atomic E-state index is 12.4. The van der Waals surface area contributed by atoms with Crippen LogP contribution in [0.5, 0.6) is 0 Å². The third-order valence-electron chi connectivity index (χ3n) is 4.55. The minimum atomic E-state index is -0.569. The van der Waals surface area contributed by atoms with Crippen molar-refractivity contribution in [2.45, 2.75) is 60.2 Å². The number of nitrogens with zero attached hydrogens (tertiary/aromatic N) is 3. The lowest BCUT2D eigenvalue weighted by Gasteiger charge is -2.30. The highest BCUT2D eigenvalue weighted by Crippen LogP contribution is 2.38. The number of carbonyl (C=O) groups excluding carboxylic acids is 1. The summed E-state index contributed by atoms with van der Waals surface area (Å²) in [4.78, 5) is 12.4. The van der Waals surface area contributed by atoms with Gasteiger partial charge in [0.2, 0.25) is 0 Å². The van der Waals surface area contributed by atoms with Gasteiger partial charge in [0.15, 0.2) is 0 Å². The average molecular weight is 462 g/mol. The smallest absolute Gasteiger partial charge is 0.311 e. The molecule has 1 aromatic carbocycles. The number of rotatable bonds is 4. The predicted octanol–water partition coefficient (Wildman–Crippen LogP) is 5.40. The Morgan fingerprint density at radius 3 is 2.52 bits per heavy atom. The predicted molar refractivity (Wildman–Crippen MR) is 117 cm³/mol. The number of aryl methyl sites for hydroxylation is 1. The first-order chi connectivity index (χ1) is 13.4. The summed E-state index contributed by atoms with van der Waals surface area (Å²) >= 11 is 3.78. The van der Waals surface area contributed by atoms with Crippen molar-refractivity contribution in [2.75, 3.05) is 6.61 Å². The standard InChI is InChI=1S/C22H28BrN3O3/c1-13-10-16-15(9-8-14-11-24-25-26(14)16)19(23)18(13)17(29-22(5,6)7)12-28-20(27)21(2,3)4/h8-11,17H,12H2,1-7H3. The molecule has 2 heterocycles. The van der Waals surface area contributed by atoms with E-state index in [1.54, 1.807) is 6.20 Å². The van der Waals surface area contributed by atoms with Crippen molar-refractivity contribution in [1.82, 2.24) is 14.8 Å². The summed E-state index contributed by atoms with van der Waals surface area (Å²) in [5.41, 5.74) is 2.89. The summed E-state index contributed by atoms with van der Waals surface area (Å²) < 4.78 is 14.7. The number of benzene rings is 1. The fraction of sp³-hybridized carbons (Fsp3) is 0.500. The lowest BCUT2D eigenvalue weighted by Crippen LogP contribution is -2.30. The molecular formula is C22H28BrN3O3. The van der Waals surface area contributed by atoms with Crippen LogP contribution in [0.1, 0.15) is 58.8 Å². The normalized spacial score (nSPS) is 13.8. The largest absolute Gasteiger partial charge is 0.462 e. The molecule has 3 rings (SSSR count). The summed E-state index contributed by atoms with van der Waals surface area (Å²) in [5.74, 6) is -0.251. The lowest BCUT2D eigenvalue weighted by atomic mass is 9.97. The molecule has 0 saturated heterocycles. The Labute approximate surface area is 179 Å². The Hall–Kier alpha value is -1.99. The van der Waals surface area contributed by atoms with Crippen LogP contribution in [0.25, 0.3) is 16.4 Å². The Balaban J connectivity index is 2.08. The zero-order valence-corrected chi connectivity index (χ0v) is 19.6. The van der Waals surface area contributed by atoms with Gasteiger partial charge in [-0.05, 0) is 88.2 Å². The van der Waals surface area contributed by atoms with E-state index in [1.807, 2.05) is 65.1 Å². The first-order valence-corrected chi connectivity index (χ1v) is 10.4. The van der Waals surface area contributed by atoms with E-state index in [9.17, 15) is 4.79 Å². The third-order valence-corrected chi connectivity index (χ3v) is 5.40. The minimum Gasteiger partial charge on any atom is -0.462 e. The maximum Gasteiger partial charge on any atom is 0.311 e. The van der Waals surface area contributed by atoms with Crippen LogP contribution in [0, 0.1) is 12.3 Å². The second kappa shape index (κ2) is 7.69. The highest BCUT2D eigenvalue weighted by molar-refractivity contribution is 9.10. The molecule has 0 aliphatic carbocycles. The molecule has 0 fully saturated rings. The molecule has 0 N–H and O–H groups in total. The van der Waals surface area contributed by atoms with Gasteiger partial charge in [-0.1, -0.05) is 5.21 Å². The third kappa shape index (κ3) is 4.61. The van der Waals surface area contributed by atoms with Crippen molar-refractivity contribution in [3.05, 3.63) is 40.0 Å². The molecule has 1 atom stereocenters. The number of pyridine rings is 1. The number of fused-ring (bicyclic) bond motifs is 3. The molecule has 156 valence electrons. The molecule has 0 saturated carbocycles. The zero-order valence-electron chi connectivity index (χ0n) is 18.0. The first-order valence-electron chi connectivity index (χ1n) is 9.65. The Morgan fingerprint density at radius 1 is 1.21 bits per heavy atom. The van der Waals surface area contributed by atoms with Crippen LogP contribution in [0.15, 0.2) is 28.9 Å². The van der Waals surface area contributed by atoms with Crippen LogP contribution in [0.4, 0.5) is 0 Å². The zero-order chi connectivity index (χ0) is 21.6. The lowest BCUT2D eigenvalue weighted by molar-refractivity contribution is -0.162. The fourth-order valence-corrected chi connectivity index (χ4v) is 4.11. The van der Waals surface area contributed by atoms with Gasteiger partial charge in [-0.25, -0.2) is 4.52 Å². The SMILES string of the molecule is Cc1cc2c(ccc3cnnn32)c(Br)c1C(COC(=O)C(C)(C)C)OC(C)(C)C. The summed E-state index contributed by atoms with van der Waals surface area (Å²) in [7, 11) is 0. The Kier molecular flexibility index (Phi) is 5.75. The minimum absolute atomic E-state index is 0.143. The van der Waals surface area contributed by atoms with Crippen molar-refractivity contribution < 1.29 is 14.3 Å². The highest BCUT2D eigenvalue weighted by atomic mass is 79.9. The van der Waals surface area contributed by atoms with Gasteiger partial charge in [0.25, 0.3) is 0 Å². The average Bonchev–Trinajstić information content (AvgIpc) is 3.06. The van der Waals surface area contributed by atoms with Crippen LogP contribution in [0.3, 0.4) is 0 Å². The van der Waals surface area contributed by atoms with E-state index in [0.29, 0.717) is 0 Å². The molecule has 0 spiro atoms. The van der Waals surface area contributed by atoms with Gasteiger partial charge in [0, 0.05) is 15.4 Å². The van der Waals surface area contributed by atoms with E-state index < -0.39 is 17.1 Å². The molecule has 0 amide bonds. The van der Waals surface area contributed by atoms with Crippen molar-refractivity contribution in [2.24, 2.45) is 5.41 Å². The quantitative estimate of drug-likeness (QED) is 0.486. The number of hydrogen-bond acceptors (Lipinski definition) is 5. The van der Waals surface area contributed by atoms with E-state index in [0.717, 1.165) is 32.0 Å². The number of carbonyl (C=O) groups is 1. The van der Waals surface area contributed by atoms with E-state index >= 15 is 0 Å². The van der Waals surface area contributed by atoms with Crippen LogP contribution >= 0.6 is 15.9 Å². The van der Waals surface area contributed by atoms with Crippen LogP contribution < -0.4 is 0 Å². The highest BCUT2D eigenvalue weighted by Gasteiger charge is 2.29. The van der Waals surface area contributed by atoms with Crippen molar-refractivity contribution in [1.29, 1.82) is 0 Å². The molecule has 0 bridgehead atoms. The summed E-state index contributed by atoms with van der Waals surface area (Å²) in [6.07, 6.45) is 1.32. The molecular weight excluding hydrogens is 434 g/mol. The van der Waals surface area contributed by atoms with E-state index in [2.05, 4.69) is 32.3 Å².